The van der Waals surface area contributed by atoms with Crippen molar-refractivity contribution in [2.45, 2.75) is 25.3 Å². The highest BCUT2D eigenvalue weighted by molar-refractivity contribution is 9.10. The molecule has 0 aromatic heterocycles. The van der Waals surface area contributed by atoms with Crippen LogP contribution in [-0.2, 0) is 0 Å². The van der Waals surface area contributed by atoms with Crippen molar-refractivity contribution >= 4 is 21.8 Å². The van der Waals surface area contributed by atoms with Crippen LogP contribution in [0.3, 0.4) is 0 Å². The summed E-state index contributed by atoms with van der Waals surface area (Å²) in [6, 6.07) is 7.57. The summed E-state index contributed by atoms with van der Waals surface area (Å²) in [5, 5.41) is 3.34. The Labute approximate surface area is 117 Å². The summed E-state index contributed by atoms with van der Waals surface area (Å²) >= 11 is 3.38. The van der Waals surface area contributed by atoms with Gasteiger partial charge in [-0.25, -0.2) is 0 Å². The van der Waals surface area contributed by atoms with Crippen LogP contribution in [0, 0.1) is 0 Å². The Morgan fingerprint density at radius 3 is 2.33 bits per heavy atom. The van der Waals surface area contributed by atoms with Crippen LogP contribution in [0.2, 0.25) is 0 Å². The first kappa shape index (κ1) is 13.6. The lowest BCUT2D eigenvalue weighted by atomic mass is 9.89. The molecular formula is C14H19BrN2O. The molecule has 1 N–H and O–H groups in total. The van der Waals surface area contributed by atoms with E-state index in [4.69, 9.17) is 0 Å². The number of halogens is 1. The third kappa shape index (κ3) is 2.93. The van der Waals surface area contributed by atoms with Gasteiger partial charge < -0.3 is 10.2 Å². The van der Waals surface area contributed by atoms with Crippen molar-refractivity contribution < 1.29 is 4.79 Å². The first-order chi connectivity index (χ1) is 8.54. The van der Waals surface area contributed by atoms with Crippen LogP contribution in [0.5, 0.6) is 0 Å². The van der Waals surface area contributed by atoms with Crippen molar-refractivity contribution in [2.24, 2.45) is 0 Å². The molecule has 0 spiro atoms. The van der Waals surface area contributed by atoms with Crippen molar-refractivity contribution in [3.63, 3.8) is 0 Å². The summed E-state index contributed by atoms with van der Waals surface area (Å²) in [4.78, 5) is 14.2. The summed E-state index contributed by atoms with van der Waals surface area (Å²) in [6.07, 6.45) is 2.01. The Hall–Kier alpha value is -0.870. The predicted molar refractivity (Wildman–Crippen MR) is 76.7 cm³/mol. The van der Waals surface area contributed by atoms with Crippen molar-refractivity contribution in [3.05, 3.63) is 34.3 Å². The highest BCUT2D eigenvalue weighted by Crippen LogP contribution is 2.22. The maximum absolute atomic E-state index is 12.3. The van der Waals surface area contributed by atoms with Gasteiger partial charge in [0.2, 0.25) is 0 Å². The second-order valence-corrected chi connectivity index (χ2v) is 6.03. The lowest BCUT2D eigenvalue weighted by molar-refractivity contribution is 0.0662. The molecule has 1 heterocycles. The molecule has 0 bridgehead atoms. The number of amides is 1. The lowest BCUT2D eigenvalue weighted by Gasteiger charge is -2.39. The van der Waals surface area contributed by atoms with E-state index in [0.717, 1.165) is 36.0 Å². The molecule has 1 saturated heterocycles. The molecule has 1 aliphatic heterocycles. The quantitative estimate of drug-likeness (QED) is 0.911. The van der Waals surface area contributed by atoms with Gasteiger partial charge in [0.05, 0.1) is 0 Å². The molecule has 3 nitrogen and oxygen atoms in total. The first-order valence-corrected chi connectivity index (χ1v) is 7.07. The molecule has 0 unspecified atom stereocenters. The molecular weight excluding hydrogens is 292 g/mol. The van der Waals surface area contributed by atoms with Gasteiger partial charge in [0.25, 0.3) is 5.91 Å². The van der Waals surface area contributed by atoms with E-state index in [-0.39, 0.29) is 11.4 Å². The minimum absolute atomic E-state index is 0.139. The van der Waals surface area contributed by atoms with Crippen molar-refractivity contribution in [1.29, 1.82) is 0 Å². The fourth-order valence-corrected chi connectivity index (χ4v) is 2.49. The normalized spacial score (nSPS) is 18.7. The molecule has 98 valence electrons. The molecule has 0 atom stereocenters. The van der Waals surface area contributed by atoms with Gasteiger partial charge in [-0.15, -0.1) is 0 Å². The Morgan fingerprint density at radius 2 is 1.83 bits per heavy atom. The van der Waals surface area contributed by atoms with E-state index in [1.54, 1.807) is 0 Å². The van der Waals surface area contributed by atoms with Crippen LogP contribution in [0.15, 0.2) is 28.7 Å². The lowest BCUT2D eigenvalue weighted by Crippen LogP contribution is -2.51. The Morgan fingerprint density at radius 1 is 1.28 bits per heavy atom. The molecule has 1 aromatic rings. The van der Waals surface area contributed by atoms with Crippen LogP contribution >= 0.6 is 15.9 Å². The number of benzene rings is 1. The fourth-order valence-electron chi connectivity index (χ4n) is 2.23. The van der Waals surface area contributed by atoms with Crippen molar-refractivity contribution in [2.75, 3.05) is 20.1 Å². The van der Waals surface area contributed by atoms with Crippen LogP contribution in [0.4, 0.5) is 0 Å². The van der Waals surface area contributed by atoms with E-state index in [1.165, 1.54) is 0 Å². The van der Waals surface area contributed by atoms with Crippen molar-refractivity contribution in [1.82, 2.24) is 10.2 Å². The average molecular weight is 311 g/mol. The van der Waals surface area contributed by atoms with E-state index in [1.807, 2.05) is 36.2 Å². The minimum atomic E-state index is 0.139. The maximum Gasteiger partial charge on any atom is 0.253 e. The zero-order valence-corrected chi connectivity index (χ0v) is 12.5. The zero-order chi connectivity index (χ0) is 13.2. The number of piperidine rings is 1. The predicted octanol–water partition coefficient (Wildman–Crippen LogP) is 2.66. The van der Waals surface area contributed by atoms with Crippen LogP contribution in [0.1, 0.15) is 30.1 Å². The minimum Gasteiger partial charge on any atom is -0.339 e. The molecule has 2 rings (SSSR count). The summed E-state index contributed by atoms with van der Waals surface area (Å²) in [6.45, 7) is 3.87. The summed E-state index contributed by atoms with van der Waals surface area (Å²) in [7, 11) is 1.99. The molecule has 1 amide bonds. The van der Waals surface area contributed by atoms with Gasteiger partial charge in [-0.1, -0.05) is 15.9 Å². The molecule has 1 aliphatic rings. The third-order valence-electron chi connectivity index (χ3n) is 3.85. The number of hydrogen-bond donors (Lipinski definition) is 1. The monoisotopic (exact) mass is 310 g/mol. The Bertz CT molecular complexity index is 422. The van der Waals surface area contributed by atoms with Gasteiger partial charge in [-0.2, -0.15) is 0 Å². The average Bonchev–Trinajstić information content (AvgIpc) is 2.40. The summed E-state index contributed by atoms with van der Waals surface area (Å²) < 4.78 is 1.00. The molecule has 1 fully saturated rings. The van der Waals surface area contributed by atoms with Gasteiger partial charge in [0.1, 0.15) is 0 Å². The molecule has 18 heavy (non-hydrogen) atoms. The highest BCUT2D eigenvalue weighted by atomic mass is 79.9. The Kier molecular flexibility index (Phi) is 4.07. The molecule has 0 radical (unpaired) electrons. The van der Waals surface area contributed by atoms with Gasteiger partial charge >= 0.3 is 0 Å². The first-order valence-electron chi connectivity index (χ1n) is 6.28. The summed E-state index contributed by atoms with van der Waals surface area (Å²) in [5.41, 5.74) is 0.947. The molecule has 1 aromatic carbocycles. The standard InChI is InChI=1S/C14H19BrN2O/c1-14(16-2)7-9-17(10-8-14)13(18)11-3-5-12(15)6-4-11/h3-6,16H,7-10H2,1-2H3. The smallest absolute Gasteiger partial charge is 0.253 e. The third-order valence-corrected chi connectivity index (χ3v) is 4.38. The van der Waals surface area contributed by atoms with Crippen LogP contribution in [-0.4, -0.2) is 36.5 Å². The largest absolute Gasteiger partial charge is 0.339 e. The second-order valence-electron chi connectivity index (χ2n) is 5.11. The fraction of sp³-hybridized carbons (Fsp3) is 0.500. The number of nitrogens with one attached hydrogen (secondary N) is 1. The van der Waals surface area contributed by atoms with E-state index in [2.05, 4.69) is 28.2 Å². The zero-order valence-electron chi connectivity index (χ0n) is 10.9. The van der Waals surface area contributed by atoms with Gasteiger partial charge in [0.15, 0.2) is 0 Å². The number of carbonyl (C=O) groups is 1. The van der Waals surface area contributed by atoms with E-state index in [9.17, 15) is 4.79 Å². The number of hydrogen-bond acceptors (Lipinski definition) is 2. The van der Waals surface area contributed by atoms with Crippen LogP contribution in [0.25, 0.3) is 0 Å². The maximum atomic E-state index is 12.3. The topological polar surface area (TPSA) is 32.3 Å². The molecule has 0 aliphatic carbocycles. The number of carbonyl (C=O) groups excluding carboxylic acids is 1. The van der Waals surface area contributed by atoms with E-state index < -0.39 is 0 Å². The second kappa shape index (κ2) is 5.41. The number of nitrogens with zero attached hydrogens (tertiary/aromatic N) is 1. The molecule has 4 heteroatoms. The summed E-state index contributed by atoms with van der Waals surface area (Å²) in [5.74, 6) is 0.139. The van der Waals surface area contributed by atoms with E-state index >= 15 is 0 Å². The Balaban J connectivity index is 2.01. The van der Waals surface area contributed by atoms with Crippen molar-refractivity contribution in [3.8, 4) is 0 Å². The molecule has 0 saturated carbocycles. The van der Waals surface area contributed by atoms with Crippen LogP contribution < -0.4 is 5.32 Å². The highest BCUT2D eigenvalue weighted by Gasteiger charge is 2.30. The van der Waals surface area contributed by atoms with Gasteiger partial charge in [-0.05, 0) is 51.1 Å². The van der Waals surface area contributed by atoms with E-state index in [0.29, 0.717) is 0 Å². The SMILES string of the molecule is CNC1(C)CCN(C(=O)c2ccc(Br)cc2)CC1. The van der Waals surface area contributed by atoms with Gasteiger partial charge in [-0.3, -0.25) is 4.79 Å². The number of likely N-dealkylation sites (tertiary alicyclic amines) is 1. The number of rotatable bonds is 2. The van der Waals surface area contributed by atoms with Gasteiger partial charge in [0, 0.05) is 28.7 Å².